The zero-order valence-electron chi connectivity index (χ0n) is 19.3. The van der Waals surface area contributed by atoms with E-state index in [4.69, 9.17) is 4.74 Å². The lowest BCUT2D eigenvalue weighted by Crippen LogP contribution is -2.27. The normalized spacial score (nSPS) is 15.8. The first kappa shape index (κ1) is 22.4. The second-order valence-electron chi connectivity index (χ2n) is 8.80. The number of nitrogens with zero attached hydrogens (tertiary/aromatic N) is 1. The topological polar surface area (TPSA) is 65.4 Å². The fourth-order valence-electron chi connectivity index (χ4n) is 4.88. The van der Waals surface area contributed by atoms with Gasteiger partial charge in [-0.2, -0.15) is 0 Å². The Kier molecular flexibility index (Phi) is 5.78. The molecule has 0 saturated heterocycles. The summed E-state index contributed by atoms with van der Waals surface area (Å²) in [4.78, 5) is 12.8. The fraction of sp³-hybridized carbons (Fsp3) is 0.250. The van der Waals surface area contributed by atoms with Crippen molar-refractivity contribution in [1.29, 1.82) is 0 Å². The standard InChI is InChI=1S/C28H27NO4S/c1-3-33-28(30)22-11-15-24-25-17-21(20-7-5-4-6-8-20)12-16-26(25)29(27(24)18-22)34(31,32)23-13-9-19(2)10-14-23/h4-10,12-14,16-17,22H,3,11,15,18H2,1-2H3/t22-/m1/s1. The van der Waals surface area contributed by atoms with Crippen molar-refractivity contribution >= 4 is 26.9 Å². The number of esters is 1. The van der Waals surface area contributed by atoms with E-state index in [0.29, 0.717) is 37.1 Å². The van der Waals surface area contributed by atoms with Gasteiger partial charge in [-0.05, 0) is 67.6 Å². The minimum absolute atomic E-state index is 0.239. The minimum Gasteiger partial charge on any atom is -0.466 e. The third-order valence-electron chi connectivity index (χ3n) is 6.60. The molecule has 5 nitrogen and oxygen atoms in total. The quantitative estimate of drug-likeness (QED) is 0.358. The van der Waals surface area contributed by atoms with E-state index in [0.717, 1.165) is 27.6 Å². The van der Waals surface area contributed by atoms with Crippen LogP contribution in [0.1, 0.15) is 30.2 Å². The van der Waals surface area contributed by atoms with Crippen molar-refractivity contribution in [1.82, 2.24) is 3.97 Å². The highest BCUT2D eigenvalue weighted by Crippen LogP contribution is 2.39. The molecular weight excluding hydrogens is 446 g/mol. The number of ether oxygens (including phenoxy) is 1. The third-order valence-corrected chi connectivity index (χ3v) is 8.37. The van der Waals surface area contributed by atoms with Crippen LogP contribution in [0, 0.1) is 12.8 Å². The summed E-state index contributed by atoms with van der Waals surface area (Å²) < 4.78 is 34.5. The Morgan fingerprint density at radius 3 is 2.44 bits per heavy atom. The highest BCUT2D eigenvalue weighted by molar-refractivity contribution is 7.90. The maximum atomic E-state index is 13.9. The predicted octanol–water partition coefficient (Wildman–Crippen LogP) is 5.52. The van der Waals surface area contributed by atoms with Gasteiger partial charge in [0, 0.05) is 17.5 Å². The molecule has 1 aliphatic rings. The van der Waals surface area contributed by atoms with Gasteiger partial charge in [-0.15, -0.1) is 0 Å². The van der Waals surface area contributed by atoms with Crippen molar-refractivity contribution in [2.24, 2.45) is 5.92 Å². The highest BCUT2D eigenvalue weighted by Gasteiger charge is 2.34. The second-order valence-corrected chi connectivity index (χ2v) is 10.6. The van der Waals surface area contributed by atoms with Crippen LogP contribution >= 0.6 is 0 Å². The maximum Gasteiger partial charge on any atom is 0.309 e. The van der Waals surface area contributed by atoms with E-state index in [-0.39, 0.29) is 16.8 Å². The van der Waals surface area contributed by atoms with Gasteiger partial charge in [-0.1, -0.05) is 54.1 Å². The number of hydrogen-bond donors (Lipinski definition) is 0. The molecule has 5 rings (SSSR count). The van der Waals surface area contributed by atoms with Crippen LogP contribution in [-0.2, 0) is 32.4 Å². The molecule has 6 heteroatoms. The summed E-state index contributed by atoms with van der Waals surface area (Å²) in [6, 6.07) is 22.9. The summed E-state index contributed by atoms with van der Waals surface area (Å²) in [6.45, 7) is 4.03. The average Bonchev–Trinajstić information content (AvgIpc) is 3.18. The molecule has 3 aromatic carbocycles. The van der Waals surface area contributed by atoms with E-state index >= 15 is 0 Å². The van der Waals surface area contributed by atoms with E-state index in [1.54, 1.807) is 31.2 Å². The van der Waals surface area contributed by atoms with E-state index in [9.17, 15) is 13.2 Å². The molecule has 1 aliphatic carbocycles. The van der Waals surface area contributed by atoms with Crippen LogP contribution in [0.4, 0.5) is 0 Å². The molecule has 0 N–H and O–H groups in total. The summed E-state index contributed by atoms with van der Waals surface area (Å²) >= 11 is 0. The summed E-state index contributed by atoms with van der Waals surface area (Å²) in [5.74, 6) is -0.611. The molecule has 0 spiro atoms. The summed E-state index contributed by atoms with van der Waals surface area (Å²) in [6.07, 6.45) is 1.61. The second kappa shape index (κ2) is 8.76. The fourth-order valence-corrected chi connectivity index (χ4v) is 6.46. The minimum atomic E-state index is -3.85. The number of carbonyl (C=O) groups excluding carboxylic acids is 1. The van der Waals surface area contributed by atoms with E-state index in [2.05, 4.69) is 6.07 Å². The summed E-state index contributed by atoms with van der Waals surface area (Å²) in [7, 11) is -3.85. The molecule has 0 fully saturated rings. The van der Waals surface area contributed by atoms with Crippen LogP contribution in [-0.4, -0.2) is 25.0 Å². The Morgan fingerprint density at radius 1 is 1.00 bits per heavy atom. The average molecular weight is 474 g/mol. The van der Waals surface area contributed by atoms with Gasteiger partial charge in [0.15, 0.2) is 0 Å². The van der Waals surface area contributed by atoms with Gasteiger partial charge in [-0.25, -0.2) is 12.4 Å². The zero-order chi connectivity index (χ0) is 23.9. The number of fused-ring (bicyclic) bond motifs is 3. The van der Waals surface area contributed by atoms with Crippen molar-refractivity contribution in [3.63, 3.8) is 0 Å². The maximum absolute atomic E-state index is 13.9. The Morgan fingerprint density at radius 2 is 1.74 bits per heavy atom. The molecule has 0 aliphatic heterocycles. The molecule has 1 aromatic heterocycles. The molecule has 4 aromatic rings. The predicted molar refractivity (Wildman–Crippen MR) is 133 cm³/mol. The number of rotatable bonds is 5. The van der Waals surface area contributed by atoms with E-state index in [1.807, 2.05) is 49.4 Å². The molecular formula is C28H27NO4S. The summed E-state index contributed by atoms with van der Waals surface area (Å²) in [5, 5.41) is 0.925. The lowest BCUT2D eigenvalue weighted by molar-refractivity contribution is -0.148. The number of aromatic nitrogens is 1. The van der Waals surface area contributed by atoms with Crippen molar-refractivity contribution in [2.45, 2.75) is 38.0 Å². The Balaban J connectivity index is 1.72. The van der Waals surface area contributed by atoms with Gasteiger partial charge in [0.25, 0.3) is 10.0 Å². The smallest absolute Gasteiger partial charge is 0.309 e. The van der Waals surface area contributed by atoms with Crippen LogP contribution in [0.15, 0.2) is 77.7 Å². The first-order valence-corrected chi connectivity index (χ1v) is 13.0. The molecule has 174 valence electrons. The van der Waals surface area contributed by atoms with Crippen LogP contribution in [0.25, 0.3) is 22.0 Å². The largest absolute Gasteiger partial charge is 0.466 e. The lowest BCUT2D eigenvalue weighted by atomic mass is 9.86. The number of carbonyl (C=O) groups is 1. The van der Waals surface area contributed by atoms with Gasteiger partial charge in [0.2, 0.25) is 0 Å². The molecule has 0 radical (unpaired) electrons. The number of benzene rings is 3. The monoisotopic (exact) mass is 473 g/mol. The van der Waals surface area contributed by atoms with Gasteiger partial charge in [0.1, 0.15) is 0 Å². The van der Waals surface area contributed by atoms with Crippen molar-refractivity contribution in [2.75, 3.05) is 6.61 Å². The SMILES string of the molecule is CCOC(=O)[C@@H]1CCc2c(n(S(=O)(=O)c3ccc(C)cc3)c3ccc(-c4ccccc4)cc23)C1. The van der Waals surface area contributed by atoms with Crippen LogP contribution in [0.3, 0.4) is 0 Å². The molecule has 1 heterocycles. The van der Waals surface area contributed by atoms with Crippen molar-refractivity contribution < 1.29 is 17.9 Å². The Hall–Kier alpha value is -3.38. The van der Waals surface area contributed by atoms with Gasteiger partial charge in [0.05, 0.1) is 22.9 Å². The molecule has 0 bridgehead atoms. The molecule has 0 saturated carbocycles. The highest BCUT2D eigenvalue weighted by atomic mass is 32.2. The lowest BCUT2D eigenvalue weighted by Gasteiger charge is -2.23. The van der Waals surface area contributed by atoms with Crippen molar-refractivity contribution in [3.05, 3.63) is 89.6 Å². The van der Waals surface area contributed by atoms with Crippen LogP contribution in [0.5, 0.6) is 0 Å². The van der Waals surface area contributed by atoms with E-state index in [1.165, 1.54) is 3.97 Å². The van der Waals surface area contributed by atoms with Crippen LogP contribution in [0.2, 0.25) is 0 Å². The molecule has 1 atom stereocenters. The van der Waals surface area contributed by atoms with Crippen LogP contribution < -0.4 is 0 Å². The Bertz CT molecular complexity index is 1470. The third kappa shape index (κ3) is 3.82. The number of aryl methyl sites for hydroxylation is 2. The number of hydrogen-bond acceptors (Lipinski definition) is 4. The molecule has 0 amide bonds. The van der Waals surface area contributed by atoms with Gasteiger partial charge >= 0.3 is 5.97 Å². The summed E-state index contributed by atoms with van der Waals surface area (Å²) in [5.41, 5.74) is 5.44. The van der Waals surface area contributed by atoms with E-state index < -0.39 is 10.0 Å². The molecule has 34 heavy (non-hydrogen) atoms. The molecule has 0 unspecified atom stereocenters. The van der Waals surface area contributed by atoms with Crippen molar-refractivity contribution in [3.8, 4) is 11.1 Å². The first-order valence-electron chi connectivity index (χ1n) is 11.6. The van der Waals surface area contributed by atoms with Gasteiger partial charge in [-0.3, -0.25) is 4.79 Å². The Labute approximate surface area is 200 Å². The van der Waals surface area contributed by atoms with Gasteiger partial charge < -0.3 is 4.74 Å². The zero-order valence-corrected chi connectivity index (χ0v) is 20.1. The first-order chi connectivity index (χ1) is 16.4.